The SMILES string of the molecule is O=C(CCc1ccc(CNS(=O)(=O)c2ccccc2-c2ccccc2)cc1)CCc1cccnc1. The second-order valence-corrected chi connectivity index (χ2v) is 10.1. The van der Waals surface area contributed by atoms with E-state index in [0.717, 1.165) is 22.3 Å². The van der Waals surface area contributed by atoms with E-state index < -0.39 is 10.0 Å². The van der Waals surface area contributed by atoms with Crippen LogP contribution in [0.2, 0.25) is 0 Å². The number of nitrogens with zero attached hydrogens (tertiary/aromatic N) is 1. The third-order valence-corrected chi connectivity index (χ3v) is 7.32. The van der Waals surface area contributed by atoms with Gasteiger partial charge in [-0.3, -0.25) is 9.78 Å². The molecule has 1 aromatic heterocycles. The fraction of sp³-hybridized carbons (Fsp3) is 0.172. The van der Waals surface area contributed by atoms with Gasteiger partial charge in [0.15, 0.2) is 0 Å². The van der Waals surface area contributed by atoms with Crippen LogP contribution in [0.3, 0.4) is 0 Å². The summed E-state index contributed by atoms with van der Waals surface area (Å²) in [6.07, 6.45) is 5.89. The van der Waals surface area contributed by atoms with Gasteiger partial charge in [-0.1, -0.05) is 78.9 Å². The minimum atomic E-state index is -3.70. The second-order valence-electron chi connectivity index (χ2n) is 8.40. The number of carbonyl (C=O) groups is 1. The van der Waals surface area contributed by atoms with Gasteiger partial charge in [0, 0.05) is 37.3 Å². The second kappa shape index (κ2) is 11.7. The van der Waals surface area contributed by atoms with Crippen molar-refractivity contribution in [1.82, 2.24) is 9.71 Å². The molecule has 0 unspecified atom stereocenters. The van der Waals surface area contributed by atoms with Gasteiger partial charge in [-0.15, -0.1) is 0 Å². The lowest BCUT2D eigenvalue weighted by Crippen LogP contribution is -2.23. The topological polar surface area (TPSA) is 76.1 Å². The predicted octanol–water partition coefficient (Wildman–Crippen LogP) is 5.36. The highest BCUT2D eigenvalue weighted by Gasteiger charge is 2.18. The van der Waals surface area contributed by atoms with Crippen LogP contribution in [0.5, 0.6) is 0 Å². The fourth-order valence-corrected chi connectivity index (χ4v) is 5.12. The van der Waals surface area contributed by atoms with E-state index in [4.69, 9.17) is 0 Å². The molecule has 0 saturated carbocycles. The average Bonchev–Trinajstić information content (AvgIpc) is 2.91. The highest BCUT2D eigenvalue weighted by molar-refractivity contribution is 7.89. The lowest BCUT2D eigenvalue weighted by atomic mass is 10.0. The first-order chi connectivity index (χ1) is 17.0. The summed E-state index contributed by atoms with van der Waals surface area (Å²) in [5.41, 5.74) is 4.51. The summed E-state index contributed by atoms with van der Waals surface area (Å²) < 4.78 is 28.8. The zero-order chi connectivity index (χ0) is 24.5. The van der Waals surface area contributed by atoms with Crippen LogP contribution in [0, 0.1) is 0 Å². The van der Waals surface area contributed by atoms with Gasteiger partial charge in [-0.05, 0) is 47.2 Å². The van der Waals surface area contributed by atoms with Crippen molar-refractivity contribution < 1.29 is 13.2 Å². The molecule has 0 bridgehead atoms. The van der Waals surface area contributed by atoms with E-state index in [0.29, 0.717) is 31.2 Å². The van der Waals surface area contributed by atoms with Crippen LogP contribution in [-0.2, 0) is 34.2 Å². The molecular weight excluding hydrogens is 456 g/mol. The summed E-state index contributed by atoms with van der Waals surface area (Å²) in [6, 6.07) is 28.1. The smallest absolute Gasteiger partial charge is 0.241 e. The van der Waals surface area contributed by atoms with Crippen LogP contribution in [0.1, 0.15) is 29.5 Å². The number of benzene rings is 3. The van der Waals surface area contributed by atoms with Gasteiger partial charge in [0.05, 0.1) is 4.90 Å². The molecule has 0 amide bonds. The van der Waals surface area contributed by atoms with Crippen molar-refractivity contribution in [1.29, 1.82) is 0 Å². The van der Waals surface area contributed by atoms with Gasteiger partial charge < -0.3 is 0 Å². The molecule has 3 aromatic carbocycles. The summed E-state index contributed by atoms with van der Waals surface area (Å²) in [7, 11) is -3.70. The van der Waals surface area contributed by atoms with E-state index in [1.807, 2.05) is 78.9 Å². The van der Waals surface area contributed by atoms with Crippen LogP contribution in [0.25, 0.3) is 11.1 Å². The molecule has 4 rings (SSSR count). The van der Waals surface area contributed by atoms with Crippen molar-refractivity contribution in [2.45, 2.75) is 37.1 Å². The van der Waals surface area contributed by atoms with Gasteiger partial charge in [0.2, 0.25) is 10.0 Å². The Labute approximate surface area is 206 Å². The molecule has 0 aliphatic rings. The quantitative estimate of drug-likeness (QED) is 0.311. The molecule has 6 heteroatoms. The molecule has 0 aliphatic heterocycles. The van der Waals surface area contributed by atoms with Crippen LogP contribution in [0.15, 0.2) is 108 Å². The van der Waals surface area contributed by atoms with Gasteiger partial charge in [0.1, 0.15) is 5.78 Å². The average molecular weight is 485 g/mol. The Bertz CT molecular complexity index is 1350. The molecule has 0 fully saturated rings. The summed E-state index contributed by atoms with van der Waals surface area (Å²) in [4.78, 5) is 16.6. The maximum atomic E-state index is 13.1. The Morgan fingerprint density at radius 3 is 2.09 bits per heavy atom. The lowest BCUT2D eigenvalue weighted by Gasteiger charge is -2.12. The van der Waals surface area contributed by atoms with Crippen LogP contribution in [0.4, 0.5) is 0 Å². The Hall–Kier alpha value is -3.61. The maximum absolute atomic E-state index is 13.1. The normalized spacial score (nSPS) is 11.3. The molecule has 0 radical (unpaired) electrons. The standard InChI is InChI=1S/C29H28N2O3S/c32-27(19-17-24-7-6-20-30-21-24)18-16-23-12-14-25(15-13-23)22-31-35(33,34)29-11-5-4-10-28(29)26-8-2-1-3-9-26/h1-15,20-21,31H,16-19,22H2. The Kier molecular flexibility index (Phi) is 8.19. The molecule has 1 N–H and O–H groups in total. The largest absolute Gasteiger partial charge is 0.300 e. The number of carbonyl (C=O) groups excluding carboxylic acids is 1. The molecule has 0 saturated heterocycles. The summed E-state index contributed by atoms with van der Waals surface area (Å²) in [6.45, 7) is 0.190. The van der Waals surface area contributed by atoms with Crippen LogP contribution in [-0.4, -0.2) is 19.2 Å². The number of hydrogen-bond donors (Lipinski definition) is 1. The van der Waals surface area contributed by atoms with Gasteiger partial charge in [-0.25, -0.2) is 13.1 Å². The number of rotatable bonds is 11. The lowest BCUT2D eigenvalue weighted by molar-refractivity contribution is -0.119. The monoisotopic (exact) mass is 484 g/mol. The number of aryl methyl sites for hydroxylation is 2. The summed E-state index contributed by atoms with van der Waals surface area (Å²) in [5, 5.41) is 0. The van der Waals surface area contributed by atoms with Gasteiger partial charge in [-0.2, -0.15) is 0 Å². The molecule has 35 heavy (non-hydrogen) atoms. The van der Waals surface area contributed by atoms with Crippen molar-refractivity contribution in [3.05, 3.63) is 120 Å². The number of ketones is 1. The minimum absolute atomic E-state index is 0.190. The summed E-state index contributed by atoms with van der Waals surface area (Å²) in [5.74, 6) is 0.225. The van der Waals surface area contributed by atoms with Crippen LogP contribution < -0.4 is 4.72 Å². The van der Waals surface area contributed by atoms with Crippen molar-refractivity contribution >= 4 is 15.8 Å². The molecule has 0 atom stereocenters. The van der Waals surface area contributed by atoms with E-state index in [2.05, 4.69) is 9.71 Å². The molecule has 5 nitrogen and oxygen atoms in total. The first-order valence-corrected chi connectivity index (χ1v) is 13.1. The van der Waals surface area contributed by atoms with Crippen LogP contribution >= 0.6 is 0 Å². The molecular formula is C29H28N2O3S. The first kappa shape index (κ1) is 24.5. The maximum Gasteiger partial charge on any atom is 0.241 e. The molecule has 178 valence electrons. The van der Waals surface area contributed by atoms with E-state index >= 15 is 0 Å². The number of nitrogens with one attached hydrogen (secondary N) is 1. The number of aromatic nitrogens is 1. The van der Waals surface area contributed by atoms with E-state index in [-0.39, 0.29) is 17.2 Å². The number of sulfonamides is 1. The fourth-order valence-electron chi connectivity index (χ4n) is 3.88. The molecule has 0 aliphatic carbocycles. The van der Waals surface area contributed by atoms with E-state index in [1.165, 1.54) is 0 Å². The zero-order valence-electron chi connectivity index (χ0n) is 19.4. The molecule has 0 spiro atoms. The summed E-state index contributed by atoms with van der Waals surface area (Å²) >= 11 is 0. The van der Waals surface area contributed by atoms with Gasteiger partial charge in [0.25, 0.3) is 0 Å². The Morgan fingerprint density at radius 2 is 1.37 bits per heavy atom. The third kappa shape index (κ3) is 6.94. The predicted molar refractivity (Wildman–Crippen MR) is 138 cm³/mol. The van der Waals surface area contributed by atoms with Crippen molar-refractivity contribution in [3.63, 3.8) is 0 Å². The number of Topliss-reactive ketones (excluding diaryl/α,β-unsaturated/α-hetero) is 1. The van der Waals surface area contributed by atoms with Crippen molar-refractivity contribution in [2.75, 3.05) is 0 Å². The zero-order valence-corrected chi connectivity index (χ0v) is 20.2. The van der Waals surface area contributed by atoms with Crippen molar-refractivity contribution in [3.8, 4) is 11.1 Å². The van der Waals surface area contributed by atoms with E-state index in [1.54, 1.807) is 24.5 Å². The first-order valence-electron chi connectivity index (χ1n) is 11.6. The number of hydrogen-bond acceptors (Lipinski definition) is 4. The molecule has 4 aromatic rings. The van der Waals surface area contributed by atoms with Crippen molar-refractivity contribution in [2.24, 2.45) is 0 Å². The Balaban J connectivity index is 1.31. The van der Waals surface area contributed by atoms with Gasteiger partial charge >= 0.3 is 0 Å². The third-order valence-electron chi connectivity index (χ3n) is 5.86. The molecule has 1 heterocycles. The number of pyridine rings is 1. The minimum Gasteiger partial charge on any atom is -0.300 e. The highest BCUT2D eigenvalue weighted by atomic mass is 32.2. The van der Waals surface area contributed by atoms with E-state index in [9.17, 15) is 13.2 Å². The Morgan fingerprint density at radius 1 is 0.714 bits per heavy atom. The highest BCUT2D eigenvalue weighted by Crippen LogP contribution is 2.27.